The van der Waals surface area contributed by atoms with Gasteiger partial charge in [0.05, 0.1) is 14.2 Å². The highest BCUT2D eigenvalue weighted by Gasteiger charge is 2.15. The third kappa shape index (κ3) is 4.47. The van der Waals surface area contributed by atoms with Crippen molar-refractivity contribution in [3.63, 3.8) is 0 Å². The van der Waals surface area contributed by atoms with E-state index in [1.165, 1.54) is 19.2 Å². The Hall–Kier alpha value is -3.02. The fourth-order valence-corrected chi connectivity index (χ4v) is 1.80. The molecule has 23 heavy (non-hydrogen) atoms. The Morgan fingerprint density at radius 2 is 1.57 bits per heavy atom. The zero-order chi connectivity index (χ0) is 16.7. The van der Waals surface area contributed by atoms with Gasteiger partial charge in [0.2, 0.25) is 0 Å². The summed E-state index contributed by atoms with van der Waals surface area (Å²) in [5, 5.41) is 0. The summed E-state index contributed by atoms with van der Waals surface area (Å²) < 4.78 is 20.1. The van der Waals surface area contributed by atoms with Gasteiger partial charge in [0.25, 0.3) is 0 Å². The molecule has 2 aromatic carbocycles. The van der Waals surface area contributed by atoms with Gasteiger partial charge in [-0.2, -0.15) is 0 Å². The van der Waals surface area contributed by atoms with Crippen LogP contribution in [0.5, 0.6) is 17.2 Å². The Kier molecular flexibility index (Phi) is 5.57. The summed E-state index contributed by atoms with van der Waals surface area (Å²) in [6.07, 6.45) is 0. The molecule has 0 bridgehead atoms. The molecule has 6 nitrogen and oxygen atoms in total. The first kappa shape index (κ1) is 16.4. The van der Waals surface area contributed by atoms with Crippen LogP contribution in [0.4, 0.5) is 0 Å². The molecule has 0 saturated carbocycles. The highest BCUT2D eigenvalue weighted by molar-refractivity contribution is 5.93. The van der Waals surface area contributed by atoms with Gasteiger partial charge in [-0.3, -0.25) is 0 Å². The number of ether oxygens (including phenoxy) is 4. The number of benzene rings is 2. The second-order valence-electron chi connectivity index (χ2n) is 4.43. The fraction of sp³-hybridized carbons (Fsp3) is 0.176. The summed E-state index contributed by atoms with van der Waals surface area (Å²) in [7, 11) is 2.82. The third-order valence-corrected chi connectivity index (χ3v) is 2.93. The lowest BCUT2D eigenvalue weighted by Gasteiger charge is -2.09. The van der Waals surface area contributed by atoms with Crippen LogP contribution in [-0.4, -0.2) is 32.8 Å². The minimum atomic E-state index is -0.628. The van der Waals surface area contributed by atoms with Gasteiger partial charge in [0, 0.05) is 0 Å². The van der Waals surface area contributed by atoms with Gasteiger partial charge in [0.15, 0.2) is 6.61 Å². The van der Waals surface area contributed by atoms with Crippen molar-refractivity contribution < 1.29 is 28.5 Å². The molecule has 0 unspecified atom stereocenters. The highest BCUT2D eigenvalue weighted by Crippen LogP contribution is 2.20. The molecular formula is C17H16O6. The Morgan fingerprint density at radius 3 is 2.22 bits per heavy atom. The Morgan fingerprint density at radius 1 is 0.913 bits per heavy atom. The lowest BCUT2D eigenvalue weighted by molar-refractivity contribution is -0.136. The molecule has 2 aromatic rings. The van der Waals surface area contributed by atoms with Gasteiger partial charge in [-0.1, -0.05) is 12.1 Å². The molecule has 0 radical (unpaired) electrons. The molecular weight excluding hydrogens is 300 g/mol. The van der Waals surface area contributed by atoms with Crippen molar-refractivity contribution in [2.24, 2.45) is 0 Å². The number of rotatable bonds is 6. The SMILES string of the molecule is COC(=O)c1ccccc1OC(=O)COc1ccc(OC)cc1. The van der Waals surface area contributed by atoms with Crippen LogP contribution in [0.3, 0.4) is 0 Å². The monoisotopic (exact) mass is 316 g/mol. The first-order valence-electron chi connectivity index (χ1n) is 6.79. The van der Waals surface area contributed by atoms with Crippen molar-refractivity contribution in [3.05, 3.63) is 54.1 Å². The summed E-state index contributed by atoms with van der Waals surface area (Å²) in [6, 6.07) is 13.1. The Bertz CT molecular complexity index is 678. The van der Waals surface area contributed by atoms with Crippen LogP contribution in [0.1, 0.15) is 10.4 Å². The van der Waals surface area contributed by atoms with E-state index in [9.17, 15) is 9.59 Å². The molecule has 0 aromatic heterocycles. The first-order chi connectivity index (χ1) is 11.1. The van der Waals surface area contributed by atoms with E-state index in [1.807, 2.05) is 0 Å². The van der Waals surface area contributed by atoms with E-state index in [0.717, 1.165) is 0 Å². The summed E-state index contributed by atoms with van der Waals surface area (Å²) in [4.78, 5) is 23.4. The Labute approximate surface area is 133 Å². The topological polar surface area (TPSA) is 71.1 Å². The minimum absolute atomic E-state index is 0.127. The van der Waals surface area contributed by atoms with Crippen LogP contribution in [0.2, 0.25) is 0 Å². The van der Waals surface area contributed by atoms with E-state index >= 15 is 0 Å². The summed E-state index contributed by atoms with van der Waals surface area (Å²) >= 11 is 0. The molecule has 0 atom stereocenters. The predicted octanol–water partition coefficient (Wildman–Crippen LogP) is 2.47. The van der Waals surface area contributed by atoms with E-state index < -0.39 is 11.9 Å². The maximum Gasteiger partial charge on any atom is 0.349 e. The fourth-order valence-electron chi connectivity index (χ4n) is 1.80. The molecule has 6 heteroatoms. The number of para-hydroxylation sites is 1. The average Bonchev–Trinajstić information content (AvgIpc) is 2.60. The second kappa shape index (κ2) is 7.84. The molecule has 0 N–H and O–H groups in total. The van der Waals surface area contributed by atoms with Crippen molar-refractivity contribution in [3.8, 4) is 17.2 Å². The molecule has 0 aliphatic carbocycles. The van der Waals surface area contributed by atoms with Crippen LogP contribution < -0.4 is 14.2 Å². The van der Waals surface area contributed by atoms with Gasteiger partial charge in [-0.05, 0) is 36.4 Å². The zero-order valence-corrected chi connectivity index (χ0v) is 12.8. The van der Waals surface area contributed by atoms with Crippen molar-refractivity contribution in [2.45, 2.75) is 0 Å². The standard InChI is InChI=1S/C17H16O6/c1-20-12-7-9-13(10-8-12)22-11-16(18)23-15-6-4-3-5-14(15)17(19)21-2/h3-10H,11H2,1-2H3. The zero-order valence-electron chi connectivity index (χ0n) is 12.8. The van der Waals surface area contributed by atoms with E-state index in [1.54, 1.807) is 43.5 Å². The molecule has 0 heterocycles. The lowest BCUT2D eigenvalue weighted by atomic mass is 10.2. The van der Waals surface area contributed by atoms with Gasteiger partial charge in [0.1, 0.15) is 22.8 Å². The number of carbonyl (C=O) groups excluding carboxylic acids is 2. The van der Waals surface area contributed by atoms with Crippen molar-refractivity contribution in [2.75, 3.05) is 20.8 Å². The molecule has 2 rings (SSSR count). The van der Waals surface area contributed by atoms with Crippen LogP contribution in [-0.2, 0) is 9.53 Å². The maximum atomic E-state index is 11.8. The summed E-state index contributed by atoms with van der Waals surface area (Å²) in [5.74, 6) is 0.111. The van der Waals surface area contributed by atoms with E-state index in [2.05, 4.69) is 4.74 Å². The Balaban J connectivity index is 1.95. The van der Waals surface area contributed by atoms with Crippen LogP contribution in [0.15, 0.2) is 48.5 Å². The second-order valence-corrected chi connectivity index (χ2v) is 4.43. The number of carbonyl (C=O) groups is 2. The first-order valence-corrected chi connectivity index (χ1v) is 6.79. The van der Waals surface area contributed by atoms with E-state index in [4.69, 9.17) is 14.2 Å². The summed E-state index contributed by atoms with van der Waals surface area (Å²) in [6.45, 7) is -0.290. The van der Waals surface area contributed by atoms with Crippen LogP contribution >= 0.6 is 0 Å². The maximum absolute atomic E-state index is 11.8. The third-order valence-electron chi connectivity index (χ3n) is 2.93. The smallest absolute Gasteiger partial charge is 0.349 e. The van der Waals surface area contributed by atoms with Crippen LogP contribution in [0, 0.1) is 0 Å². The van der Waals surface area contributed by atoms with Gasteiger partial charge in [-0.15, -0.1) is 0 Å². The van der Waals surface area contributed by atoms with Gasteiger partial charge in [-0.25, -0.2) is 9.59 Å². The highest BCUT2D eigenvalue weighted by atomic mass is 16.6. The number of hydrogen-bond donors (Lipinski definition) is 0. The molecule has 0 saturated heterocycles. The van der Waals surface area contributed by atoms with Gasteiger partial charge < -0.3 is 18.9 Å². The predicted molar refractivity (Wildman–Crippen MR) is 81.9 cm³/mol. The van der Waals surface area contributed by atoms with Crippen LogP contribution in [0.25, 0.3) is 0 Å². The minimum Gasteiger partial charge on any atom is -0.497 e. The van der Waals surface area contributed by atoms with Gasteiger partial charge >= 0.3 is 11.9 Å². The van der Waals surface area contributed by atoms with E-state index in [0.29, 0.717) is 11.5 Å². The lowest BCUT2D eigenvalue weighted by Crippen LogP contribution is -2.19. The summed E-state index contributed by atoms with van der Waals surface area (Å²) in [5.41, 5.74) is 0.174. The normalized spacial score (nSPS) is 9.83. The number of esters is 2. The quantitative estimate of drug-likeness (QED) is 0.602. The molecule has 0 fully saturated rings. The molecule has 0 amide bonds. The van der Waals surface area contributed by atoms with Crippen molar-refractivity contribution >= 4 is 11.9 Å². The molecule has 0 spiro atoms. The van der Waals surface area contributed by atoms with E-state index in [-0.39, 0.29) is 17.9 Å². The molecule has 120 valence electrons. The average molecular weight is 316 g/mol. The van der Waals surface area contributed by atoms with Crippen molar-refractivity contribution in [1.29, 1.82) is 0 Å². The number of methoxy groups -OCH3 is 2. The molecule has 0 aliphatic heterocycles. The van der Waals surface area contributed by atoms with Crippen molar-refractivity contribution in [1.82, 2.24) is 0 Å². The molecule has 0 aliphatic rings. The number of hydrogen-bond acceptors (Lipinski definition) is 6. The largest absolute Gasteiger partial charge is 0.497 e.